The van der Waals surface area contributed by atoms with Crippen molar-refractivity contribution in [1.82, 2.24) is 9.97 Å². The zero-order valence-corrected chi connectivity index (χ0v) is 12.1. The lowest BCUT2D eigenvalue weighted by molar-refractivity contribution is 0.506. The lowest BCUT2D eigenvalue weighted by Gasteiger charge is -2.33. The summed E-state index contributed by atoms with van der Waals surface area (Å²) in [7, 11) is 0. The van der Waals surface area contributed by atoms with Crippen molar-refractivity contribution >= 4 is 11.6 Å². The summed E-state index contributed by atoms with van der Waals surface area (Å²) in [5.74, 6) is 2.35. The third-order valence-corrected chi connectivity index (χ3v) is 3.58. The maximum absolute atomic E-state index is 5.93. The zero-order chi connectivity index (χ0) is 13.6. The van der Waals surface area contributed by atoms with Crippen molar-refractivity contribution in [1.29, 1.82) is 0 Å². The molecule has 0 saturated carbocycles. The molecule has 0 aromatic carbocycles. The Labute approximate surface area is 110 Å². The van der Waals surface area contributed by atoms with Gasteiger partial charge in [-0.1, -0.05) is 20.8 Å². The average Bonchev–Trinajstić information content (AvgIpc) is 2.55. The Balaban J connectivity index is 2.43. The van der Waals surface area contributed by atoms with Crippen molar-refractivity contribution < 1.29 is 0 Å². The maximum atomic E-state index is 5.93. The molecule has 1 aromatic heterocycles. The summed E-state index contributed by atoms with van der Waals surface area (Å²) in [6.07, 6.45) is 2.41. The first-order chi connectivity index (χ1) is 8.20. The number of nitrogens with zero attached hydrogens (tertiary/aromatic N) is 3. The summed E-state index contributed by atoms with van der Waals surface area (Å²) in [4.78, 5) is 11.4. The summed E-state index contributed by atoms with van der Waals surface area (Å²) in [5.41, 5.74) is 6.02. The maximum Gasteiger partial charge on any atom is 0.138 e. The van der Waals surface area contributed by atoms with Gasteiger partial charge in [-0.25, -0.2) is 9.97 Å². The van der Waals surface area contributed by atoms with E-state index in [-0.39, 0.29) is 11.0 Å². The Morgan fingerprint density at radius 1 is 1.28 bits per heavy atom. The third-order valence-electron chi connectivity index (χ3n) is 3.58. The van der Waals surface area contributed by atoms with Gasteiger partial charge in [-0.05, 0) is 26.7 Å². The molecule has 0 atom stereocenters. The summed E-state index contributed by atoms with van der Waals surface area (Å²) in [6.45, 7) is 11.9. The van der Waals surface area contributed by atoms with Crippen LogP contribution in [0.25, 0.3) is 0 Å². The normalized spacial score (nSPS) is 19.3. The number of hydrogen-bond donors (Lipinski definition) is 1. The van der Waals surface area contributed by atoms with Gasteiger partial charge in [0.25, 0.3) is 0 Å². The molecule has 4 heteroatoms. The Morgan fingerprint density at radius 3 is 2.44 bits per heavy atom. The van der Waals surface area contributed by atoms with E-state index < -0.39 is 0 Å². The minimum atomic E-state index is -0.0754. The summed E-state index contributed by atoms with van der Waals surface area (Å²) >= 11 is 0. The minimum Gasteiger partial charge on any atom is -0.384 e. The Kier molecular flexibility index (Phi) is 2.99. The number of nitrogen functional groups attached to an aromatic ring is 1. The Morgan fingerprint density at radius 2 is 1.94 bits per heavy atom. The van der Waals surface area contributed by atoms with E-state index in [1.165, 1.54) is 12.8 Å². The summed E-state index contributed by atoms with van der Waals surface area (Å²) < 4.78 is 0. The van der Waals surface area contributed by atoms with Crippen LogP contribution < -0.4 is 10.6 Å². The molecule has 100 valence electrons. The van der Waals surface area contributed by atoms with Gasteiger partial charge in [0, 0.05) is 23.6 Å². The molecule has 0 bridgehead atoms. The lowest BCUT2D eigenvalue weighted by Crippen LogP contribution is -2.39. The van der Waals surface area contributed by atoms with Crippen LogP contribution >= 0.6 is 0 Å². The van der Waals surface area contributed by atoms with Gasteiger partial charge in [-0.2, -0.15) is 0 Å². The highest BCUT2D eigenvalue weighted by atomic mass is 15.3. The third kappa shape index (κ3) is 2.42. The monoisotopic (exact) mass is 248 g/mol. The quantitative estimate of drug-likeness (QED) is 0.830. The number of anilines is 2. The van der Waals surface area contributed by atoms with Crippen molar-refractivity contribution in [2.75, 3.05) is 17.2 Å². The molecule has 4 nitrogen and oxygen atoms in total. The molecule has 0 radical (unpaired) electrons. The molecule has 0 unspecified atom stereocenters. The SMILES string of the molecule is CC(C)(C)c1nc(N)cc(N2CCCC2(C)C)n1. The van der Waals surface area contributed by atoms with Crippen molar-refractivity contribution in [2.45, 2.75) is 58.4 Å². The number of nitrogens with two attached hydrogens (primary N) is 1. The number of rotatable bonds is 1. The predicted octanol–water partition coefficient (Wildman–Crippen LogP) is 2.74. The molecular formula is C14H24N4. The minimum absolute atomic E-state index is 0.0754. The molecule has 1 saturated heterocycles. The van der Waals surface area contributed by atoms with E-state index in [4.69, 9.17) is 10.7 Å². The van der Waals surface area contributed by atoms with Gasteiger partial charge < -0.3 is 10.6 Å². The van der Waals surface area contributed by atoms with Crippen LogP contribution in [0.4, 0.5) is 11.6 Å². The molecule has 1 aromatic rings. The zero-order valence-electron chi connectivity index (χ0n) is 12.1. The molecule has 0 amide bonds. The van der Waals surface area contributed by atoms with Crippen LogP contribution in [0.3, 0.4) is 0 Å². The predicted molar refractivity (Wildman–Crippen MR) is 75.8 cm³/mol. The molecule has 2 heterocycles. The molecule has 0 spiro atoms. The Bertz CT molecular complexity index is 446. The fourth-order valence-electron chi connectivity index (χ4n) is 2.46. The highest BCUT2D eigenvalue weighted by Gasteiger charge is 2.33. The second-order valence-corrected chi connectivity index (χ2v) is 6.79. The van der Waals surface area contributed by atoms with E-state index in [0.717, 1.165) is 18.2 Å². The highest BCUT2D eigenvalue weighted by Crippen LogP contribution is 2.33. The van der Waals surface area contributed by atoms with Gasteiger partial charge in [0.15, 0.2) is 0 Å². The molecule has 2 rings (SSSR count). The summed E-state index contributed by atoms with van der Waals surface area (Å²) in [6, 6.07) is 1.89. The van der Waals surface area contributed by atoms with Gasteiger partial charge in [0.05, 0.1) is 0 Å². The van der Waals surface area contributed by atoms with Crippen LogP contribution in [-0.2, 0) is 5.41 Å². The first-order valence-corrected chi connectivity index (χ1v) is 6.63. The van der Waals surface area contributed by atoms with Crippen LogP contribution in [0.15, 0.2) is 6.07 Å². The standard InChI is InChI=1S/C14H24N4/c1-13(2,3)12-16-10(15)9-11(17-12)18-8-6-7-14(18,4)5/h9H,6-8H2,1-5H3,(H2,15,16,17). The second kappa shape index (κ2) is 4.11. The smallest absolute Gasteiger partial charge is 0.138 e. The van der Waals surface area contributed by atoms with Gasteiger partial charge >= 0.3 is 0 Å². The highest BCUT2D eigenvalue weighted by molar-refractivity contribution is 5.50. The molecule has 1 aliphatic heterocycles. The fourth-order valence-corrected chi connectivity index (χ4v) is 2.46. The molecule has 18 heavy (non-hydrogen) atoms. The van der Waals surface area contributed by atoms with Crippen molar-refractivity contribution in [3.05, 3.63) is 11.9 Å². The topological polar surface area (TPSA) is 55.0 Å². The fraction of sp³-hybridized carbons (Fsp3) is 0.714. The molecule has 2 N–H and O–H groups in total. The van der Waals surface area contributed by atoms with Crippen molar-refractivity contribution in [3.8, 4) is 0 Å². The number of aromatic nitrogens is 2. The molecule has 1 fully saturated rings. The first-order valence-electron chi connectivity index (χ1n) is 6.63. The van der Waals surface area contributed by atoms with E-state index in [1.54, 1.807) is 0 Å². The van der Waals surface area contributed by atoms with Crippen LogP contribution in [0.5, 0.6) is 0 Å². The second-order valence-electron chi connectivity index (χ2n) is 6.79. The van der Waals surface area contributed by atoms with E-state index >= 15 is 0 Å². The molecule has 0 aliphatic carbocycles. The van der Waals surface area contributed by atoms with E-state index in [1.807, 2.05) is 6.07 Å². The first kappa shape index (κ1) is 13.1. The van der Waals surface area contributed by atoms with Gasteiger partial charge in [0.2, 0.25) is 0 Å². The molecular weight excluding hydrogens is 224 g/mol. The van der Waals surface area contributed by atoms with Crippen molar-refractivity contribution in [2.24, 2.45) is 0 Å². The van der Waals surface area contributed by atoms with Crippen molar-refractivity contribution in [3.63, 3.8) is 0 Å². The largest absolute Gasteiger partial charge is 0.384 e. The average molecular weight is 248 g/mol. The van der Waals surface area contributed by atoms with Crippen LogP contribution in [0, 0.1) is 0 Å². The van der Waals surface area contributed by atoms with Crippen LogP contribution in [0.1, 0.15) is 53.3 Å². The van der Waals surface area contributed by atoms with E-state index in [2.05, 4.69) is 44.5 Å². The molecule has 1 aliphatic rings. The van der Waals surface area contributed by atoms with Crippen LogP contribution in [0.2, 0.25) is 0 Å². The van der Waals surface area contributed by atoms with Gasteiger partial charge in [0.1, 0.15) is 17.5 Å². The lowest BCUT2D eigenvalue weighted by atomic mass is 9.95. The number of hydrogen-bond acceptors (Lipinski definition) is 4. The van der Waals surface area contributed by atoms with Gasteiger partial charge in [-0.15, -0.1) is 0 Å². The van der Waals surface area contributed by atoms with Crippen LogP contribution in [-0.4, -0.2) is 22.1 Å². The Hall–Kier alpha value is -1.32. The van der Waals surface area contributed by atoms with Gasteiger partial charge in [-0.3, -0.25) is 0 Å². The summed E-state index contributed by atoms with van der Waals surface area (Å²) in [5, 5.41) is 0. The van der Waals surface area contributed by atoms with E-state index in [0.29, 0.717) is 5.82 Å². The van der Waals surface area contributed by atoms with E-state index in [9.17, 15) is 0 Å².